The van der Waals surface area contributed by atoms with Crippen molar-refractivity contribution < 1.29 is 4.74 Å². The van der Waals surface area contributed by atoms with Crippen LogP contribution in [0.3, 0.4) is 0 Å². The molecular formula is C74H59N5O. The van der Waals surface area contributed by atoms with Crippen molar-refractivity contribution in [2.45, 2.75) is 52.4 Å². The van der Waals surface area contributed by atoms with E-state index < -0.39 is 0 Å². The number of benzene rings is 10. The zero-order valence-corrected chi connectivity index (χ0v) is 45.9. The average Bonchev–Trinajstić information content (AvgIpc) is 4.15. The highest BCUT2D eigenvalue weighted by atomic mass is 16.5. The van der Waals surface area contributed by atoms with Gasteiger partial charge in [0.15, 0.2) is 0 Å². The van der Waals surface area contributed by atoms with Crippen molar-refractivity contribution >= 4 is 66.4 Å². The maximum Gasteiger partial charge on any atom is 0.137 e. The summed E-state index contributed by atoms with van der Waals surface area (Å²) in [7, 11) is 0. The molecule has 0 atom stereocenters. The van der Waals surface area contributed by atoms with Crippen LogP contribution in [0.25, 0.3) is 99.6 Å². The van der Waals surface area contributed by atoms with Crippen LogP contribution in [-0.4, -0.2) is 20.8 Å². The molecule has 15 rings (SSSR count). The monoisotopic (exact) mass is 1030 g/mol. The second kappa shape index (κ2) is 17.9. The Morgan fingerprint density at radius 1 is 0.400 bits per heavy atom. The van der Waals surface area contributed by atoms with Gasteiger partial charge in [0.2, 0.25) is 0 Å². The Hall–Kier alpha value is -9.65. The van der Waals surface area contributed by atoms with Gasteiger partial charge in [0.1, 0.15) is 24.0 Å². The third kappa shape index (κ3) is 7.50. The van der Waals surface area contributed by atoms with Gasteiger partial charge in [0.25, 0.3) is 0 Å². The standard InChI is InChI=1S/C74H59N5O/c1-73(2,3)49-23-16-22-48(42-49)55-30-18-29-54(47-20-8-7-9-21-47)71(55)77-46-76(63-34-14-15-35-64(63)77)51-24-17-25-52(44-51)80-53-36-37-61-67(45-53)78(68-43-50(40-41-75-68)74(4,5)6)65-38-39-66-69(70(61)65)58-28-11-10-26-56(58)59-31-19-32-60-57-27-12-13-33-62(57)79(66)72(59)60/h7-45H,46H2,1-6H3. The van der Waals surface area contributed by atoms with Crippen molar-refractivity contribution in [3.63, 3.8) is 0 Å². The Morgan fingerprint density at radius 3 is 1.86 bits per heavy atom. The zero-order valence-electron chi connectivity index (χ0n) is 45.9. The quantitative estimate of drug-likeness (QED) is 0.159. The average molecular weight is 1030 g/mol. The van der Waals surface area contributed by atoms with Gasteiger partial charge in [-0.3, -0.25) is 4.57 Å². The molecule has 0 amide bonds. The topological polar surface area (TPSA) is 38.5 Å². The van der Waals surface area contributed by atoms with Crippen LogP contribution in [0.4, 0.5) is 22.7 Å². The van der Waals surface area contributed by atoms with Crippen molar-refractivity contribution in [3.8, 4) is 67.5 Å². The van der Waals surface area contributed by atoms with E-state index in [2.05, 4.69) is 291 Å². The molecule has 0 spiro atoms. The molecule has 0 saturated heterocycles. The molecule has 0 fully saturated rings. The Balaban J connectivity index is 0.870. The maximum atomic E-state index is 7.07. The summed E-state index contributed by atoms with van der Waals surface area (Å²) in [5.41, 5.74) is 22.2. The number of anilines is 4. The highest BCUT2D eigenvalue weighted by molar-refractivity contribution is 6.23. The Labute approximate surface area is 467 Å². The van der Waals surface area contributed by atoms with Crippen molar-refractivity contribution in [1.29, 1.82) is 0 Å². The van der Waals surface area contributed by atoms with E-state index in [1.165, 1.54) is 88.5 Å². The van der Waals surface area contributed by atoms with Gasteiger partial charge in [-0.2, -0.15) is 0 Å². The summed E-state index contributed by atoms with van der Waals surface area (Å²) >= 11 is 0. The molecule has 0 aliphatic carbocycles. The van der Waals surface area contributed by atoms with Crippen molar-refractivity contribution in [3.05, 3.63) is 248 Å². The summed E-state index contributed by atoms with van der Waals surface area (Å²) in [6, 6.07) is 84.2. The van der Waals surface area contributed by atoms with E-state index in [-0.39, 0.29) is 10.8 Å². The molecule has 6 heteroatoms. The van der Waals surface area contributed by atoms with Crippen molar-refractivity contribution in [2.75, 3.05) is 16.5 Å². The first-order valence-electron chi connectivity index (χ1n) is 27.9. The predicted octanol–water partition coefficient (Wildman–Crippen LogP) is 19.9. The fraction of sp³-hybridized carbons (Fsp3) is 0.122. The van der Waals surface area contributed by atoms with Gasteiger partial charge >= 0.3 is 0 Å². The molecule has 3 aromatic heterocycles. The number of nitrogens with zero attached hydrogens (tertiary/aromatic N) is 5. The molecule has 10 aromatic carbocycles. The van der Waals surface area contributed by atoms with E-state index >= 15 is 0 Å². The van der Waals surface area contributed by atoms with Gasteiger partial charge in [-0.05, 0) is 111 Å². The van der Waals surface area contributed by atoms with Gasteiger partial charge in [0, 0.05) is 67.8 Å². The smallest absolute Gasteiger partial charge is 0.137 e. The van der Waals surface area contributed by atoms with Gasteiger partial charge in [-0.25, -0.2) is 4.98 Å². The maximum absolute atomic E-state index is 7.07. The second-order valence-corrected chi connectivity index (χ2v) is 23.6. The molecule has 6 nitrogen and oxygen atoms in total. The minimum Gasteiger partial charge on any atom is -0.457 e. The Morgan fingerprint density at radius 2 is 1.04 bits per heavy atom. The SMILES string of the molecule is CC(C)(C)c1cccc(-c2cccc(-c3ccccc3)c2N2CN(c3cccc(Oc4ccc5c6c7c(ccc6n(-c6cc(C(C)(C)C)ccn6)c5c4)-n4c5ccccc5c5cccc(c54)-c4ccccc4-7)c3)c3ccccc32)c1. The van der Waals surface area contributed by atoms with Crippen LogP contribution in [0.2, 0.25) is 0 Å². The lowest BCUT2D eigenvalue weighted by Gasteiger charge is -2.28. The van der Waals surface area contributed by atoms with Gasteiger partial charge < -0.3 is 19.1 Å². The normalized spacial score (nSPS) is 13.0. The van der Waals surface area contributed by atoms with E-state index in [1.54, 1.807) is 0 Å². The van der Waals surface area contributed by atoms with E-state index in [0.29, 0.717) is 6.67 Å². The van der Waals surface area contributed by atoms with E-state index in [9.17, 15) is 0 Å². The molecule has 0 bridgehead atoms. The third-order valence-electron chi connectivity index (χ3n) is 16.7. The van der Waals surface area contributed by atoms with Gasteiger partial charge in [-0.1, -0.05) is 193 Å². The van der Waals surface area contributed by atoms with Crippen LogP contribution in [0, 0.1) is 0 Å². The molecule has 386 valence electrons. The zero-order chi connectivity index (χ0) is 54.0. The van der Waals surface area contributed by atoms with Crippen LogP contribution < -0.4 is 14.5 Å². The minimum atomic E-state index is -0.0864. The van der Waals surface area contributed by atoms with Gasteiger partial charge in [0.05, 0.1) is 44.8 Å². The summed E-state index contributed by atoms with van der Waals surface area (Å²) in [4.78, 5) is 10.1. The molecular weight excluding hydrogens is 975 g/mol. The van der Waals surface area contributed by atoms with Crippen molar-refractivity contribution in [1.82, 2.24) is 14.1 Å². The van der Waals surface area contributed by atoms with E-state index in [0.717, 1.165) is 56.5 Å². The first-order valence-corrected chi connectivity index (χ1v) is 27.9. The molecule has 2 aliphatic rings. The largest absolute Gasteiger partial charge is 0.457 e. The minimum absolute atomic E-state index is 0.00303. The highest BCUT2D eigenvalue weighted by Gasteiger charge is 2.33. The predicted molar refractivity (Wildman–Crippen MR) is 334 cm³/mol. The molecule has 0 unspecified atom stereocenters. The van der Waals surface area contributed by atoms with Crippen LogP contribution in [0.15, 0.2) is 237 Å². The number of ether oxygens (including phenoxy) is 1. The number of hydrogen-bond acceptors (Lipinski definition) is 4. The summed E-state index contributed by atoms with van der Waals surface area (Å²) < 4.78 is 11.9. The third-order valence-corrected chi connectivity index (χ3v) is 16.7. The summed E-state index contributed by atoms with van der Waals surface area (Å²) in [5, 5.41) is 4.81. The molecule has 13 aromatic rings. The van der Waals surface area contributed by atoms with Crippen LogP contribution in [0.1, 0.15) is 52.7 Å². The first-order chi connectivity index (χ1) is 39.0. The van der Waals surface area contributed by atoms with Crippen LogP contribution in [-0.2, 0) is 10.8 Å². The fourth-order valence-electron chi connectivity index (χ4n) is 12.8. The molecule has 2 aliphatic heterocycles. The molecule has 5 heterocycles. The molecule has 0 N–H and O–H groups in total. The summed E-state index contributed by atoms with van der Waals surface area (Å²) in [6.07, 6.45) is 1.96. The number of fused-ring (bicyclic) bond motifs is 13. The molecule has 80 heavy (non-hydrogen) atoms. The lowest BCUT2D eigenvalue weighted by atomic mass is 9.85. The highest BCUT2D eigenvalue weighted by Crippen LogP contribution is 2.53. The fourth-order valence-corrected chi connectivity index (χ4v) is 12.8. The summed E-state index contributed by atoms with van der Waals surface area (Å²) in [5.74, 6) is 2.36. The van der Waals surface area contributed by atoms with Crippen LogP contribution in [0.5, 0.6) is 11.5 Å². The Kier molecular flexibility index (Phi) is 10.7. The van der Waals surface area contributed by atoms with Crippen molar-refractivity contribution in [2.24, 2.45) is 0 Å². The number of para-hydroxylation sites is 5. The lowest BCUT2D eigenvalue weighted by Crippen LogP contribution is -2.25. The summed E-state index contributed by atoms with van der Waals surface area (Å²) in [6.45, 7) is 14.3. The second-order valence-electron chi connectivity index (χ2n) is 23.6. The molecule has 0 saturated carbocycles. The molecule has 0 radical (unpaired) electrons. The Bertz CT molecular complexity index is 4640. The first kappa shape index (κ1) is 47.6. The van der Waals surface area contributed by atoms with E-state index in [4.69, 9.17) is 9.72 Å². The number of pyridine rings is 1. The van der Waals surface area contributed by atoms with E-state index in [1.807, 2.05) is 6.20 Å². The lowest BCUT2D eigenvalue weighted by molar-refractivity contribution is 0.483. The van der Waals surface area contributed by atoms with Crippen LogP contribution >= 0.6 is 0 Å². The number of rotatable bonds is 7. The number of aromatic nitrogens is 3. The number of hydrogen-bond donors (Lipinski definition) is 0. The van der Waals surface area contributed by atoms with Gasteiger partial charge in [-0.15, -0.1) is 0 Å².